The van der Waals surface area contributed by atoms with Crippen LogP contribution in [0.2, 0.25) is 0 Å². The summed E-state index contributed by atoms with van der Waals surface area (Å²) >= 11 is 0. The molecule has 0 aromatic heterocycles. The molecule has 4 heteroatoms. The van der Waals surface area contributed by atoms with E-state index in [1.54, 1.807) is 7.05 Å². The molecule has 2 amide bonds. The highest BCUT2D eigenvalue weighted by Gasteiger charge is 2.19. The molecule has 0 aliphatic rings. The smallest absolute Gasteiger partial charge is 0.236 e. The predicted molar refractivity (Wildman–Crippen MR) is 77.1 cm³/mol. The lowest BCUT2D eigenvalue weighted by Crippen LogP contribution is -2.43. The Morgan fingerprint density at radius 1 is 1.16 bits per heavy atom. The Morgan fingerprint density at radius 2 is 1.68 bits per heavy atom. The number of carbonyl (C=O) groups excluding carboxylic acids is 2. The maximum absolute atomic E-state index is 12.0. The van der Waals surface area contributed by atoms with Crippen molar-refractivity contribution in [1.82, 2.24) is 5.32 Å². The molecule has 0 aliphatic heterocycles. The van der Waals surface area contributed by atoms with Crippen LogP contribution in [0.25, 0.3) is 0 Å². The zero-order chi connectivity index (χ0) is 14.6. The molecule has 19 heavy (non-hydrogen) atoms. The first-order valence-electron chi connectivity index (χ1n) is 6.33. The number of nitrogens with zero attached hydrogens (tertiary/aromatic N) is 1. The van der Waals surface area contributed by atoms with Crippen LogP contribution in [0.15, 0.2) is 24.3 Å². The predicted octanol–water partition coefficient (Wildman–Crippen LogP) is 2.26. The maximum atomic E-state index is 12.0. The van der Waals surface area contributed by atoms with Crippen LogP contribution in [0.4, 0.5) is 5.69 Å². The number of anilines is 1. The number of rotatable bonds is 3. The van der Waals surface area contributed by atoms with Gasteiger partial charge in [0.05, 0.1) is 0 Å². The van der Waals surface area contributed by atoms with Crippen molar-refractivity contribution in [3.8, 4) is 0 Å². The van der Waals surface area contributed by atoms with Gasteiger partial charge in [0, 0.05) is 18.3 Å². The molecule has 0 unspecified atom stereocenters. The van der Waals surface area contributed by atoms with Gasteiger partial charge in [0.15, 0.2) is 0 Å². The Kier molecular flexibility index (Phi) is 4.70. The minimum atomic E-state index is -0.320. The number of amides is 2. The Bertz CT molecular complexity index is 458. The fourth-order valence-electron chi connectivity index (χ4n) is 1.63. The van der Waals surface area contributed by atoms with Crippen molar-refractivity contribution in [1.29, 1.82) is 0 Å². The van der Waals surface area contributed by atoms with Crippen LogP contribution in [0.5, 0.6) is 0 Å². The summed E-state index contributed by atoms with van der Waals surface area (Å²) in [7, 11) is 1.68. The zero-order valence-electron chi connectivity index (χ0n) is 12.3. The van der Waals surface area contributed by atoms with Crippen molar-refractivity contribution in [2.75, 3.05) is 11.9 Å². The van der Waals surface area contributed by atoms with E-state index >= 15 is 0 Å². The topological polar surface area (TPSA) is 49.4 Å². The number of benzene rings is 1. The maximum Gasteiger partial charge on any atom is 0.236 e. The lowest BCUT2D eigenvalue weighted by Gasteiger charge is -2.22. The molecule has 0 radical (unpaired) electrons. The Morgan fingerprint density at radius 3 is 2.16 bits per heavy atom. The van der Waals surface area contributed by atoms with Crippen LogP contribution in [-0.4, -0.2) is 24.4 Å². The molecular weight excluding hydrogens is 240 g/mol. The second-order valence-corrected chi connectivity index (χ2v) is 5.76. The van der Waals surface area contributed by atoms with Crippen molar-refractivity contribution >= 4 is 17.5 Å². The quantitative estimate of drug-likeness (QED) is 0.849. The highest BCUT2D eigenvalue weighted by molar-refractivity contribution is 6.04. The molecule has 0 saturated heterocycles. The van der Waals surface area contributed by atoms with Crippen LogP contribution in [0.1, 0.15) is 32.8 Å². The number of carbonyl (C=O) groups is 2. The van der Waals surface area contributed by atoms with Crippen LogP contribution < -0.4 is 10.2 Å². The van der Waals surface area contributed by atoms with E-state index in [9.17, 15) is 9.59 Å². The van der Waals surface area contributed by atoms with Gasteiger partial charge >= 0.3 is 0 Å². The van der Waals surface area contributed by atoms with Crippen molar-refractivity contribution in [2.45, 2.75) is 39.7 Å². The van der Waals surface area contributed by atoms with E-state index in [2.05, 4.69) is 5.32 Å². The summed E-state index contributed by atoms with van der Waals surface area (Å²) in [6.07, 6.45) is -0.137. The van der Waals surface area contributed by atoms with E-state index in [4.69, 9.17) is 0 Å². The molecule has 0 bridgehead atoms. The van der Waals surface area contributed by atoms with E-state index in [-0.39, 0.29) is 23.8 Å². The van der Waals surface area contributed by atoms with Gasteiger partial charge in [0.1, 0.15) is 6.42 Å². The molecular formula is C15H22N2O2. The Hall–Kier alpha value is -1.84. The summed E-state index contributed by atoms with van der Waals surface area (Å²) in [5, 5.41) is 2.78. The molecule has 0 aliphatic carbocycles. The number of hydrogen-bond donors (Lipinski definition) is 1. The molecule has 0 saturated carbocycles. The number of hydrogen-bond acceptors (Lipinski definition) is 2. The first-order valence-corrected chi connectivity index (χ1v) is 6.33. The van der Waals surface area contributed by atoms with Crippen molar-refractivity contribution in [3.05, 3.63) is 29.8 Å². The molecule has 1 aromatic rings. The second-order valence-electron chi connectivity index (χ2n) is 5.76. The third-order valence-corrected chi connectivity index (χ3v) is 2.62. The fourth-order valence-corrected chi connectivity index (χ4v) is 1.63. The summed E-state index contributed by atoms with van der Waals surface area (Å²) in [6.45, 7) is 7.65. The molecule has 1 aromatic carbocycles. The Labute approximate surface area is 114 Å². The molecule has 0 atom stereocenters. The van der Waals surface area contributed by atoms with E-state index < -0.39 is 0 Å². The monoisotopic (exact) mass is 262 g/mol. The summed E-state index contributed by atoms with van der Waals surface area (Å²) in [4.78, 5) is 25.2. The average molecular weight is 262 g/mol. The number of nitrogens with one attached hydrogen (secondary N) is 1. The Balaban J connectivity index is 2.63. The molecule has 1 rings (SSSR count). The highest BCUT2D eigenvalue weighted by atomic mass is 16.2. The zero-order valence-corrected chi connectivity index (χ0v) is 12.3. The number of aryl methyl sites for hydroxylation is 1. The van der Waals surface area contributed by atoms with Crippen molar-refractivity contribution in [3.63, 3.8) is 0 Å². The van der Waals surface area contributed by atoms with Gasteiger partial charge in [-0.2, -0.15) is 0 Å². The van der Waals surface area contributed by atoms with Gasteiger partial charge in [-0.15, -0.1) is 0 Å². The normalized spacial score (nSPS) is 11.0. The van der Waals surface area contributed by atoms with Crippen LogP contribution in [0.3, 0.4) is 0 Å². The van der Waals surface area contributed by atoms with Crippen molar-refractivity contribution < 1.29 is 9.59 Å². The van der Waals surface area contributed by atoms with E-state index in [0.717, 1.165) is 11.3 Å². The van der Waals surface area contributed by atoms with Crippen LogP contribution >= 0.6 is 0 Å². The highest BCUT2D eigenvalue weighted by Crippen LogP contribution is 2.14. The lowest BCUT2D eigenvalue weighted by atomic mass is 10.1. The minimum Gasteiger partial charge on any atom is -0.351 e. The van der Waals surface area contributed by atoms with E-state index in [1.165, 1.54) is 4.90 Å². The average Bonchev–Trinajstić information content (AvgIpc) is 2.26. The molecule has 0 heterocycles. The van der Waals surface area contributed by atoms with E-state index in [0.29, 0.717) is 0 Å². The first kappa shape index (κ1) is 15.2. The molecule has 104 valence electrons. The second kappa shape index (κ2) is 5.87. The lowest BCUT2D eigenvalue weighted by molar-refractivity contribution is -0.128. The van der Waals surface area contributed by atoms with Gasteiger partial charge in [-0.25, -0.2) is 0 Å². The molecule has 0 fully saturated rings. The van der Waals surface area contributed by atoms with Gasteiger partial charge < -0.3 is 10.2 Å². The first-order chi connectivity index (χ1) is 8.69. The van der Waals surface area contributed by atoms with Gasteiger partial charge in [-0.1, -0.05) is 17.7 Å². The summed E-state index contributed by atoms with van der Waals surface area (Å²) in [6, 6.07) is 7.62. The van der Waals surface area contributed by atoms with Gasteiger partial charge in [0.25, 0.3) is 0 Å². The van der Waals surface area contributed by atoms with Gasteiger partial charge in [-0.05, 0) is 39.8 Å². The third kappa shape index (κ3) is 5.12. The minimum absolute atomic E-state index is 0.137. The van der Waals surface area contributed by atoms with Gasteiger partial charge in [-0.3, -0.25) is 9.59 Å². The summed E-state index contributed by atoms with van der Waals surface area (Å²) in [5.41, 5.74) is 1.61. The third-order valence-electron chi connectivity index (χ3n) is 2.62. The van der Waals surface area contributed by atoms with E-state index in [1.807, 2.05) is 52.0 Å². The van der Waals surface area contributed by atoms with Crippen LogP contribution in [0, 0.1) is 6.92 Å². The molecule has 0 spiro atoms. The largest absolute Gasteiger partial charge is 0.351 e. The van der Waals surface area contributed by atoms with Crippen molar-refractivity contribution in [2.24, 2.45) is 0 Å². The van der Waals surface area contributed by atoms with Crippen LogP contribution in [-0.2, 0) is 9.59 Å². The fraction of sp³-hybridized carbons (Fsp3) is 0.467. The SMILES string of the molecule is Cc1ccc(N(C)C(=O)CC(=O)NC(C)(C)C)cc1. The summed E-state index contributed by atoms with van der Waals surface area (Å²) in [5.74, 6) is -0.470. The van der Waals surface area contributed by atoms with Gasteiger partial charge in [0.2, 0.25) is 11.8 Å². The molecule has 1 N–H and O–H groups in total. The standard InChI is InChI=1S/C15H22N2O2/c1-11-6-8-12(9-7-11)17(5)14(19)10-13(18)16-15(2,3)4/h6-9H,10H2,1-5H3,(H,16,18). The molecule has 4 nitrogen and oxygen atoms in total. The summed E-state index contributed by atoms with van der Waals surface area (Å²) < 4.78 is 0.